The van der Waals surface area contributed by atoms with Gasteiger partial charge in [-0.25, -0.2) is 0 Å². The highest BCUT2D eigenvalue weighted by atomic mass is 35.5. The Morgan fingerprint density at radius 3 is 2.73 bits per heavy atom. The standard InChI is InChI=1S/C20H30ClNO4/c1-14(2)7-10-26-19-17(21)11-16(12-18(19)24-3)20(23)22-8-4-9-25-13-15-5-6-15/h11-12,14-15H,4-10,13H2,1-3H3,(H,22,23). The van der Waals surface area contributed by atoms with Crippen molar-refractivity contribution in [1.29, 1.82) is 0 Å². The fourth-order valence-corrected chi connectivity index (χ4v) is 2.67. The van der Waals surface area contributed by atoms with E-state index >= 15 is 0 Å². The molecule has 1 amide bonds. The Balaban J connectivity index is 1.82. The van der Waals surface area contributed by atoms with Crippen LogP contribution in [0.15, 0.2) is 12.1 Å². The maximum atomic E-state index is 12.3. The molecule has 1 aromatic carbocycles. The summed E-state index contributed by atoms with van der Waals surface area (Å²) in [6.45, 7) is 6.90. The molecule has 0 atom stereocenters. The molecule has 0 radical (unpaired) electrons. The highest BCUT2D eigenvalue weighted by Crippen LogP contribution is 2.36. The second-order valence-electron chi connectivity index (χ2n) is 7.15. The topological polar surface area (TPSA) is 56.8 Å². The molecule has 6 heteroatoms. The van der Waals surface area contributed by atoms with Crippen LogP contribution in [0.5, 0.6) is 11.5 Å². The van der Waals surface area contributed by atoms with Crippen LogP contribution in [0.3, 0.4) is 0 Å². The van der Waals surface area contributed by atoms with Crippen LogP contribution in [0.1, 0.15) is 49.9 Å². The molecule has 1 aliphatic carbocycles. The quantitative estimate of drug-likeness (QED) is 0.546. The number of methoxy groups -OCH3 is 1. The zero-order chi connectivity index (χ0) is 18.9. The molecule has 0 aliphatic heterocycles. The summed E-state index contributed by atoms with van der Waals surface area (Å²) in [7, 11) is 1.54. The first-order chi connectivity index (χ1) is 12.5. The molecule has 26 heavy (non-hydrogen) atoms. The normalized spacial score (nSPS) is 13.7. The zero-order valence-electron chi connectivity index (χ0n) is 16.0. The van der Waals surface area contributed by atoms with E-state index in [1.54, 1.807) is 19.2 Å². The summed E-state index contributed by atoms with van der Waals surface area (Å²) in [6, 6.07) is 3.28. The summed E-state index contributed by atoms with van der Waals surface area (Å²) < 4.78 is 16.7. The highest BCUT2D eigenvalue weighted by Gasteiger charge is 2.21. The second-order valence-corrected chi connectivity index (χ2v) is 7.56. The van der Waals surface area contributed by atoms with Crippen molar-refractivity contribution in [3.05, 3.63) is 22.7 Å². The minimum absolute atomic E-state index is 0.180. The first kappa shape index (κ1) is 20.8. The van der Waals surface area contributed by atoms with Gasteiger partial charge in [0.15, 0.2) is 11.5 Å². The molecule has 146 valence electrons. The minimum atomic E-state index is -0.180. The predicted molar refractivity (Wildman–Crippen MR) is 103 cm³/mol. The molecule has 0 aromatic heterocycles. The summed E-state index contributed by atoms with van der Waals surface area (Å²) in [5.41, 5.74) is 0.460. The number of hydrogen-bond donors (Lipinski definition) is 1. The van der Waals surface area contributed by atoms with Crippen molar-refractivity contribution in [1.82, 2.24) is 5.32 Å². The van der Waals surface area contributed by atoms with Gasteiger partial charge in [0.1, 0.15) is 0 Å². The second kappa shape index (κ2) is 10.6. The average molecular weight is 384 g/mol. The molecule has 1 saturated carbocycles. The summed E-state index contributed by atoms with van der Waals surface area (Å²) >= 11 is 6.31. The van der Waals surface area contributed by atoms with Gasteiger partial charge in [0, 0.05) is 25.3 Å². The van der Waals surface area contributed by atoms with E-state index in [0.717, 1.165) is 25.4 Å². The number of benzene rings is 1. The number of hydrogen-bond acceptors (Lipinski definition) is 4. The van der Waals surface area contributed by atoms with Crippen molar-refractivity contribution >= 4 is 17.5 Å². The molecule has 0 heterocycles. The van der Waals surface area contributed by atoms with E-state index in [1.807, 2.05) is 0 Å². The molecule has 5 nitrogen and oxygen atoms in total. The lowest BCUT2D eigenvalue weighted by atomic mass is 10.1. The lowest BCUT2D eigenvalue weighted by molar-refractivity contribution is 0.0937. The molecular formula is C20H30ClNO4. The van der Waals surface area contributed by atoms with Gasteiger partial charge < -0.3 is 19.5 Å². The van der Waals surface area contributed by atoms with Gasteiger partial charge >= 0.3 is 0 Å². The smallest absolute Gasteiger partial charge is 0.251 e. The van der Waals surface area contributed by atoms with Crippen molar-refractivity contribution in [3.63, 3.8) is 0 Å². The maximum Gasteiger partial charge on any atom is 0.251 e. The lowest BCUT2D eigenvalue weighted by Gasteiger charge is -2.15. The molecule has 0 saturated heterocycles. The van der Waals surface area contributed by atoms with Gasteiger partial charge in [-0.3, -0.25) is 4.79 Å². The Morgan fingerprint density at radius 1 is 1.31 bits per heavy atom. The van der Waals surface area contributed by atoms with Crippen LogP contribution in [0, 0.1) is 11.8 Å². The molecule has 0 spiro atoms. The first-order valence-electron chi connectivity index (χ1n) is 9.37. The SMILES string of the molecule is COc1cc(C(=O)NCCCOCC2CC2)cc(Cl)c1OCCC(C)C. The van der Waals surface area contributed by atoms with Crippen molar-refractivity contribution in [2.24, 2.45) is 11.8 Å². The summed E-state index contributed by atoms with van der Waals surface area (Å²) in [4.78, 5) is 12.3. The zero-order valence-corrected chi connectivity index (χ0v) is 16.7. The molecule has 1 fully saturated rings. The Kier molecular flexibility index (Phi) is 8.52. The summed E-state index contributed by atoms with van der Waals surface area (Å²) in [5, 5.41) is 3.27. The Bertz CT molecular complexity index is 587. The first-order valence-corrected chi connectivity index (χ1v) is 9.75. The van der Waals surface area contributed by atoms with Crippen LogP contribution in [0.25, 0.3) is 0 Å². The number of rotatable bonds is 12. The molecule has 0 unspecified atom stereocenters. The molecule has 1 aliphatic rings. The largest absolute Gasteiger partial charge is 0.493 e. The van der Waals surface area contributed by atoms with Gasteiger partial charge in [0.25, 0.3) is 5.91 Å². The Hall–Kier alpha value is -1.46. The van der Waals surface area contributed by atoms with E-state index in [9.17, 15) is 4.79 Å². The van der Waals surface area contributed by atoms with Crippen LogP contribution in [0.2, 0.25) is 5.02 Å². The van der Waals surface area contributed by atoms with E-state index in [-0.39, 0.29) is 5.91 Å². The Labute approximate surface area is 161 Å². The van der Waals surface area contributed by atoms with Crippen molar-refractivity contribution in [2.45, 2.75) is 39.5 Å². The van der Waals surface area contributed by atoms with Crippen molar-refractivity contribution < 1.29 is 19.0 Å². The van der Waals surface area contributed by atoms with Gasteiger partial charge in [0.2, 0.25) is 0 Å². The lowest BCUT2D eigenvalue weighted by Crippen LogP contribution is -2.25. The number of nitrogens with one attached hydrogen (secondary N) is 1. The van der Waals surface area contributed by atoms with E-state index in [0.29, 0.717) is 47.8 Å². The van der Waals surface area contributed by atoms with E-state index in [4.69, 9.17) is 25.8 Å². The van der Waals surface area contributed by atoms with Gasteiger partial charge in [0.05, 0.1) is 18.7 Å². The third kappa shape index (κ3) is 7.04. The van der Waals surface area contributed by atoms with Crippen LogP contribution < -0.4 is 14.8 Å². The van der Waals surface area contributed by atoms with Crippen LogP contribution in [-0.2, 0) is 4.74 Å². The monoisotopic (exact) mass is 383 g/mol. The molecular weight excluding hydrogens is 354 g/mol. The summed E-state index contributed by atoms with van der Waals surface area (Å²) in [6.07, 6.45) is 4.29. The van der Waals surface area contributed by atoms with Crippen LogP contribution >= 0.6 is 11.6 Å². The number of carbonyl (C=O) groups is 1. The van der Waals surface area contributed by atoms with Crippen molar-refractivity contribution in [2.75, 3.05) is 33.5 Å². The van der Waals surface area contributed by atoms with Crippen molar-refractivity contribution in [3.8, 4) is 11.5 Å². The van der Waals surface area contributed by atoms with E-state index < -0.39 is 0 Å². The highest BCUT2D eigenvalue weighted by molar-refractivity contribution is 6.32. The summed E-state index contributed by atoms with van der Waals surface area (Å²) in [5.74, 6) is 2.08. The van der Waals surface area contributed by atoms with Gasteiger partial charge in [-0.1, -0.05) is 25.4 Å². The number of carbonyl (C=O) groups excluding carboxylic acids is 1. The fourth-order valence-electron chi connectivity index (χ4n) is 2.40. The van der Waals surface area contributed by atoms with Gasteiger partial charge in [-0.15, -0.1) is 0 Å². The third-order valence-electron chi connectivity index (χ3n) is 4.23. The fraction of sp³-hybridized carbons (Fsp3) is 0.650. The van der Waals surface area contributed by atoms with Crippen LogP contribution in [0.4, 0.5) is 0 Å². The Morgan fingerprint density at radius 2 is 2.08 bits per heavy atom. The van der Waals surface area contributed by atoms with Gasteiger partial charge in [-0.2, -0.15) is 0 Å². The molecule has 1 aromatic rings. The molecule has 1 N–H and O–H groups in total. The third-order valence-corrected chi connectivity index (χ3v) is 4.52. The average Bonchev–Trinajstić information content (AvgIpc) is 3.42. The number of ether oxygens (including phenoxy) is 3. The molecule has 0 bridgehead atoms. The number of halogens is 1. The van der Waals surface area contributed by atoms with Gasteiger partial charge in [-0.05, 0) is 49.7 Å². The predicted octanol–water partition coefficient (Wildman–Crippen LogP) is 4.32. The minimum Gasteiger partial charge on any atom is -0.493 e. The number of amides is 1. The maximum absolute atomic E-state index is 12.3. The van der Waals surface area contributed by atoms with Crippen LogP contribution in [-0.4, -0.2) is 39.4 Å². The van der Waals surface area contributed by atoms with E-state index in [1.165, 1.54) is 12.8 Å². The molecule has 2 rings (SSSR count). The van der Waals surface area contributed by atoms with E-state index in [2.05, 4.69) is 19.2 Å².